The summed E-state index contributed by atoms with van der Waals surface area (Å²) in [4.78, 5) is 2.69. The highest BCUT2D eigenvalue weighted by Gasteiger charge is 2.36. The van der Waals surface area contributed by atoms with E-state index in [0.717, 1.165) is 17.7 Å². The van der Waals surface area contributed by atoms with Crippen molar-refractivity contribution in [3.8, 4) is 0 Å². The monoisotopic (exact) mass is 228 g/mol. The average molecular weight is 228 g/mol. The predicted molar refractivity (Wildman–Crippen MR) is 68.3 cm³/mol. The summed E-state index contributed by atoms with van der Waals surface area (Å²) in [6, 6.07) is 1.37. The van der Waals surface area contributed by atoms with Crippen LogP contribution >= 0.6 is 11.8 Å². The molecule has 0 amide bonds. The standard InChI is InChI=1S/C12H24N2S/c1-9-10(2)15-7-6-14(9)12(8-13)11-4-3-5-11/h9-12H,3-8,13H2,1-2H3. The number of thioether (sulfide) groups is 1. The van der Waals surface area contributed by atoms with Crippen LogP contribution in [0.25, 0.3) is 0 Å². The Morgan fingerprint density at radius 1 is 1.40 bits per heavy atom. The maximum atomic E-state index is 5.97. The first-order valence-electron chi connectivity index (χ1n) is 6.31. The van der Waals surface area contributed by atoms with Crippen molar-refractivity contribution in [1.29, 1.82) is 0 Å². The molecule has 1 saturated carbocycles. The van der Waals surface area contributed by atoms with Crippen molar-refractivity contribution in [2.45, 2.75) is 50.4 Å². The second-order valence-electron chi connectivity index (χ2n) is 5.05. The van der Waals surface area contributed by atoms with Crippen LogP contribution in [0.5, 0.6) is 0 Å². The zero-order valence-corrected chi connectivity index (χ0v) is 10.8. The van der Waals surface area contributed by atoms with Crippen molar-refractivity contribution in [1.82, 2.24) is 4.90 Å². The van der Waals surface area contributed by atoms with E-state index in [9.17, 15) is 0 Å². The summed E-state index contributed by atoms with van der Waals surface area (Å²) >= 11 is 2.11. The highest BCUT2D eigenvalue weighted by molar-refractivity contribution is 8.00. The van der Waals surface area contributed by atoms with Gasteiger partial charge in [0.15, 0.2) is 0 Å². The molecule has 0 spiro atoms. The van der Waals surface area contributed by atoms with Crippen LogP contribution in [0, 0.1) is 5.92 Å². The zero-order valence-electron chi connectivity index (χ0n) is 9.98. The van der Waals surface area contributed by atoms with Gasteiger partial charge in [0.05, 0.1) is 0 Å². The molecule has 2 N–H and O–H groups in total. The maximum Gasteiger partial charge on any atom is 0.0250 e. The molecule has 3 atom stereocenters. The number of nitrogens with zero attached hydrogens (tertiary/aromatic N) is 1. The molecule has 0 aromatic carbocycles. The van der Waals surface area contributed by atoms with Gasteiger partial charge in [0, 0.05) is 36.2 Å². The molecule has 15 heavy (non-hydrogen) atoms. The van der Waals surface area contributed by atoms with Gasteiger partial charge in [0.25, 0.3) is 0 Å². The van der Waals surface area contributed by atoms with E-state index in [-0.39, 0.29) is 0 Å². The van der Waals surface area contributed by atoms with Crippen molar-refractivity contribution in [3.63, 3.8) is 0 Å². The summed E-state index contributed by atoms with van der Waals surface area (Å²) in [5.41, 5.74) is 5.97. The Kier molecular flexibility index (Phi) is 3.97. The van der Waals surface area contributed by atoms with Crippen molar-refractivity contribution in [2.24, 2.45) is 11.7 Å². The van der Waals surface area contributed by atoms with E-state index in [4.69, 9.17) is 5.73 Å². The molecule has 1 aliphatic heterocycles. The molecule has 3 unspecified atom stereocenters. The van der Waals surface area contributed by atoms with Crippen molar-refractivity contribution < 1.29 is 0 Å². The summed E-state index contributed by atoms with van der Waals surface area (Å²) in [7, 11) is 0. The van der Waals surface area contributed by atoms with Crippen LogP contribution in [0.3, 0.4) is 0 Å². The molecule has 88 valence electrons. The molecule has 2 fully saturated rings. The van der Waals surface area contributed by atoms with E-state index in [1.54, 1.807) is 0 Å². The van der Waals surface area contributed by atoms with Crippen LogP contribution in [-0.4, -0.2) is 41.1 Å². The maximum absolute atomic E-state index is 5.97. The lowest BCUT2D eigenvalue weighted by molar-refractivity contribution is 0.0712. The predicted octanol–water partition coefficient (Wildman–Crippen LogP) is 1.94. The van der Waals surface area contributed by atoms with E-state index < -0.39 is 0 Å². The van der Waals surface area contributed by atoms with E-state index >= 15 is 0 Å². The summed E-state index contributed by atoms with van der Waals surface area (Å²) in [5, 5.41) is 0.771. The summed E-state index contributed by atoms with van der Waals surface area (Å²) in [6.07, 6.45) is 4.24. The molecule has 0 bridgehead atoms. The van der Waals surface area contributed by atoms with Gasteiger partial charge in [-0.1, -0.05) is 13.3 Å². The molecule has 1 aliphatic carbocycles. The Labute approximate surface area is 98.0 Å². The van der Waals surface area contributed by atoms with Gasteiger partial charge in [-0.15, -0.1) is 0 Å². The second kappa shape index (κ2) is 5.07. The summed E-state index contributed by atoms with van der Waals surface area (Å²) in [6.45, 7) is 6.83. The van der Waals surface area contributed by atoms with Gasteiger partial charge in [-0.05, 0) is 25.7 Å². The van der Waals surface area contributed by atoms with Gasteiger partial charge in [0.2, 0.25) is 0 Å². The molecular formula is C12H24N2S. The molecule has 2 nitrogen and oxygen atoms in total. The Bertz CT molecular complexity index is 206. The molecule has 1 saturated heterocycles. The molecular weight excluding hydrogens is 204 g/mol. The minimum atomic E-state index is 0.664. The van der Waals surface area contributed by atoms with E-state index in [2.05, 4.69) is 30.5 Å². The molecule has 1 heterocycles. The topological polar surface area (TPSA) is 29.3 Å². The highest BCUT2D eigenvalue weighted by atomic mass is 32.2. The third-order valence-electron chi connectivity index (χ3n) is 4.29. The van der Waals surface area contributed by atoms with Crippen molar-refractivity contribution >= 4 is 11.8 Å². The number of nitrogens with two attached hydrogens (primary N) is 1. The van der Waals surface area contributed by atoms with Gasteiger partial charge >= 0.3 is 0 Å². The summed E-state index contributed by atoms with van der Waals surface area (Å²) < 4.78 is 0. The molecule has 0 aromatic heterocycles. The lowest BCUT2D eigenvalue weighted by Crippen LogP contribution is -2.56. The Hall–Kier alpha value is 0.270. The second-order valence-corrected chi connectivity index (χ2v) is 6.53. The number of hydrogen-bond acceptors (Lipinski definition) is 3. The zero-order chi connectivity index (χ0) is 10.8. The first-order valence-corrected chi connectivity index (χ1v) is 7.36. The fourth-order valence-corrected chi connectivity index (χ4v) is 3.97. The quantitative estimate of drug-likeness (QED) is 0.800. The SMILES string of the molecule is CC1SCCN(C(CN)C2CCC2)C1C. The van der Waals surface area contributed by atoms with Crippen molar-refractivity contribution in [2.75, 3.05) is 18.8 Å². The van der Waals surface area contributed by atoms with Crippen LogP contribution in [0.15, 0.2) is 0 Å². The van der Waals surface area contributed by atoms with Crippen LogP contribution in [0.4, 0.5) is 0 Å². The van der Waals surface area contributed by atoms with Gasteiger partial charge in [-0.2, -0.15) is 11.8 Å². The highest BCUT2D eigenvalue weighted by Crippen LogP contribution is 2.35. The van der Waals surface area contributed by atoms with Crippen LogP contribution in [0.1, 0.15) is 33.1 Å². The number of rotatable bonds is 3. The minimum absolute atomic E-state index is 0.664. The molecule has 2 aliphatic rings. The smallest absolute Gasteiger partial charge is 0.0250 e. The fourth-order valence-electron chi connectivity index (χ4n) is 2.85. The van der Waals surface area contributed by atoms with Gasteiger partial charge in [-0.25, -0.2) is 0 Å². The first-order chi connectivity index (χ1) is 7.24. The van der Waals surface area contributed by atoms with E-state index in [1.807, 2.05) is 0 Å². The third-order valence-corrected chi connectivity index (χ3v) is 5.63. The molecule has 3 heteroatoms. The average Bonchev–Trinajstić information content (AvgIpc) is 2.16. The van der Waals surface area contributed by atoms with Gasteiger partial charge in [-0.3, -0.25) is 4.90 Å². The Morgan fingerprint density at radius 2 is 2.13 bits per heavy atom. The van der Waals surface area contributed by atoms with Crippen LogP contribution in [-0.2, 0) is 0 Å². The van der Waals surface area contributed by atoms with Gasteiger partial charge in [0.1, 0.15) is 0 Å². The number of hydrogen-bond donors (Lipinski definition) is 1. The van der Waals surface area contributed by atoms with E-state index in [1.165, 1.54) is 31.6 Å². The lowest BCUT2D eigenvalue weighted by atomic mass is 9.78. The van der Waals surface area contributed by atoms with Crippen LogP contribution in [0.2, 0.25) is 0 Å². The minimum Gasteiger partial charge on any atom is -0.329 e. The van der Waals surface area contributed by atoms with Crippen molar-refractivity contribution in [3.05, 3.63) is 0 Å². The fraction of sp³-hybridized carbons (Fsp3) is 1.00. The molecule has 2 rings (SSSR count). The summed E-state index contributed by atoms with van der Waals surface area (Å²) in [5.74, 6) is 2.18. The molecule has 0 aromatic rings. The lowest BCUT2D eigenvalue weighted by Gasteiger charge is -2.47. The molecule has 0 radical (unpaired) electrons. The van der Waals surface area contributed by atoms with Gasteiger partial charge < -0.3 is 5.73 Å². The normalized spacial score (nSPS) is 36.2. The largest absolute Gasteiger partial charge is 0.329 e. The Balaban J connectivity index is 1.98. The first kappa shape index (κ1) is 11.7. The van der Waals surface area contributed by atoms with Crippen LogP contribution < -0.4 is 5.73 Å². The Morgan fingerprint density at radius 3 is 2.67 bits per heavy atom. The third kappa shape index (κ3) is 2.34. The van der Waals surface area contributed by atoms with E-state index in [0.29, 0.717) is 12.1 Å².